The molecule has 0 bridgehead atoms. The second-order valence-corrected chi connectivity index (χ2v) is 7.28. The van der Waals surface area contributed by atoms with Gasteiger partial charge in [0.2, 0.25) is 0 Å². The summed E-state index contributed by atoms with van der Waals surface area (Å²) in [4.78, 5) is 5.71. The zero-order valence-electron chi connectivity index (χ0n) is 14.6. The van der Waals surface area contributed by atoms with Crippen molar-refractivity contribution in [3.05, 3.63) is 0 Å². The Morgan fingerprint density at radius 3 is 2.42 bits per heavy atom. The van der Waals surface area contributed by atoms with Crippen molar-refractivity contribution in [2.75, 3.05) is 53.0 Å². The molecule has 0 aromatic heterocycles. The lowest BCUT2D eigenvalue weighted by Gasteiger charge is -2.38. The molecule has 0 amide bonds. The van der Waals surface area contributed by atoms with Crippen molar-refractivity contribution in [1.29, 1.82) is 0 Å². The molecule has 0 spiro atoms. The summed E-state index contributed by atoms with van der Waals surface area (Å²) in [5.74, 6) is 1.26. The summed E-state index contributed by atoms with van der Waals surface area (Å²) in [6, 6.07) is 0. The third-order valence-corrected chi connectivity index (χ3v) is 4.76. The number of nitrogens with one attached hydrogen (secondary N) is 2. The maximum Gasteiger partial charge on any atom is 0.401 e. The maximum atomic E-state index is 12.4. The van der Waals surface area contributed by atoms with Crippen LogP contribution >= 0.6 is 0 Å². The number of piperidine rings is 1. The van der Waals surface area contributed by atoms with Crippen LogP contribution in [-0.4, -0.2) is 70.0 Å². The number of halogens is 3. The largest absolute Gasteiger partial charge is 0.401 e. The number of ether oxygens (including phenoxy) is 1. The van der Waals surface area contributed by atoms with Crippen molar-refractivity contribution in [3.63, 3.8) is 0 Å². The predicted octanol–water partition coefficient (Wildman–Crippen LogP) is 1.85. The predicted molar refractivity (Wildman–Crippen MR) is 88.1 cm³/mol. The molecule has 0 aromatic rings. The van der Waals surface area contributed by atoms with E-state index in [0.29, 0.717) is 19.0 Å². The Bertz CT molecular complexity index is 416. The topological polar surface area (TPSA) is 48.9 Å². The van der Waals surface area contributed by atoms with Crippen molar-refractivity contribution in [2.45, 2.75) is 32.4 Å². The van der Waals surface area contributed by atoms with Crippen LogP contribution in [0.2, 0.25) is 0 Å². The van der Waals surface area contributed by atoms with E-state index < -0.39 is 12.7 Å². The fraction of sp³-hybridized carbons (Fsp3) is 0.938. The van der Waals surface area contributed by atoms with Crippen molar-refractivity contribution in [3.8, 4) is 0 Å². The van der Waals surface area contributed by atoms with Crippen LogP contribution in [0.1, 0.15) is 26.2 Å². The standard InChI is InChI=1S/C16H29F3N4O/c1-15(11-24-12-15)9-22-14(20-2)21-6-3-13-4-7-23(8-5-13)10-16(17,18)19/h13H,3-12H2,1-2H3,(H2,20,21,22). The summed E-state index contributed by atoms with van der Waals surface area (Å²) in [7, 11) is 1.74. The molecule has 2 aliphatic rings. The highest BCUT2D eigenvalue weighted by atomic mass is 19.4. The van der Waals surface area contributed by atoms with Gasteiger partial charge >= 0.3 is 6.18 Å². The van der Waals surface area contributed by atoms with Crippen LogP contribution in [-0.2, 0) is 4.74 Å². The summed E-state index contributed by atoms with van der Waals surface area (Å²) >= 11 is 0. The smallest absolute Gasteiger partial charge is 0.380 e. The van der Waals surface area contributed by atoms with Gasteiger partial charge in [0.1, 0.15) is 0 Å². The average molecular weight is 350 g/mol. The van der Waals surface area contributed by atoms with Gasteiger partial charge in [0.05, 0.1) is 19.8 Å². The van der Waals surface area contributed by atoms with Gasteiger partial charge in [-0.05, 0) is 38.3 Å². The first-order chi connectivity index (χ1) is 11.3. The lowest BCUT2D eigenvalue weighted by atomic mass is 9.89. The molecule has 24 heavy (non-hydrogen) atoms. The lowest BCUT2D eigenvalue weighted by molar-refractivity contribution is -0.148. The Balaban J connectivity index is 1.58. The van der Waals surface area contributed by atoms with Crippen LogP contribution in [0.25, 0.3) is 0 Å². The number of aliphatic imine (C=N–C) groups is 1. The molecule has 0 atom stereocenters. The second kappa shape index (κ2) is 8.38. The molecule has 0 unspecified atom stereocenters. The Kier molecular flexibility index (Phi) is 6.74. The van der Waals surface area contributed by atoms with E-state index >= 15 is 0 Å². The van der Waals surface area contributed by atoms with E-state index in [2.05, 4.69) is 22.5 Å². The summed E-state index contributed by atoms with van der Waals surface area (Å²) < 4.78 is 42.4. The average Bonchev–Trinajstić information content (AvgIpc) is 2.49. The van der Waals surface area contributed by atoms with E-state index in [4.69, 9.17) is 4.74 Å². The van der Waals surface area contributed by atoms with Gasteiger partial charge in [0, 0.05) is 25.6 Å². The number of alkyl halides is 3. The third-order valence-electron chi connectivity index (χ3n) is 4.76. The number of hydrogen-bond acceptors (Lipinski definition) is 3. The highest BCUT2D eigenvalue weighted by molar-refractivity contribution is 5.79. The summed E-state index contributed by atoms with van der Waals surface area (Å²) in [5, 5.41) is 6.60. The van der Waals surface area contributed by atoms with E-state index in [0.717, 1.165) is 51.5 Å². The van der Waals surface area contributed by atoms with E-state index in [9.17, 15) is 13.2 Å². The second-order valence-electron chi connectivity index (χ2n) is 7.28. The first-order valence-electron chi connectivity index (χ1n) is 8.61. The Labute approximate surface area is 142 Å². The molecule has 2 saturated heterocycles. The molecule has 0 aliphatic carbocycles. The van der Waals surface area contributed by atoms with Gasteiger partial charge in [0.15, 0.2) is 5.96 Å². The van der Waals surface area contributed by atoms with Gasteiger partial charge in [-0.25, -0.2) is 0 Å². The number of nitrogens with zero attached hydrogens (tertiary/aromatic N) is 2. The Morgan fingerprint density at radius 1 is 1.25 bits per heavy atom. The van der Waals surface area contributed by atoms with Gasteiger partial charge in [-0.15, -0.1) is 0 Å². The number of guanidine groups is 1. The molecule has 8 heteroatoms. The van der Waals surface area contributed by atoms with Crippen molar-refractivity contribution < 1.29 is 17.9 Å². The SMILES string of the molecule is CN=C(NCCC1CCN(CC(F)(F)F)CC1)NCC1(C)COC1. The molecule has 2 N–H and O–H groups in total. The normalized spacial score (nSPS) is 23.0. The highest BCUT2D eigenvalue weighted by Gasteiger charge is 2.33. The highest BCUT2D eigenvalue weighted by Crippen LogP contribution is 2.25. The molecule has 0 radical (unpaired) electrons. The zero-order chi connectivity index (χ0) is 17.6. The van der Waals surface area contributed by atoms with Gasteiger partial charge in [-0.3, -0.25) is 9.89 Å². The fourth-order valence-electron chi connectivity index (χ4n) is 3.15. The van der Waals surface area contributed by atoms with E-state index in [1.807, 2.05) is 0 Å². The zero-order valence-corrected chi connectivity index (χ0v) is 14.6. The van der Waals surface area contributed by atoms with Crippen molar-refractivity contribution in [1.82, 2.24) is 15.5 Å². The minimum atomic E-state index is -4.09. The van der Waals surface area contributed by atoms with E-state index in [-0.39, 0.29) is 5.41 Å². The van der Waals surface area contributed by atoms with Crippen LogP contribution in [0.5, 0.6) is 0 Å². The maximum absolute atomic E-state index is 12.4. The van der Waals surface area contributed by atoms with Gasteiger partial charge in [-0.2, -0.15) is 13.2 Å². The Morgan fingerprint density at radius 2 is 1.92 bits per heavy atom. The first-order valence-corrected chi connectivity index (χ1v) is 8.61. The van der Waals surface area contributed by atoms with Gasteiger partial charge < -0.3 is 15.4 Å². The summed E-state index contributed by atoms with van der Waals surface area (Å²) in [5.41, 5.74) is 0.183. The molecule has 2 heterocycles. The monoisotopic (exact) mass is 350 g/mol. The molecule has 5 nitrogen and oxygen atoms in total. The third kappa shape index (κ3) is 6.47. The molecule has 2 rings (SSSR count). The number of hydrogen-bond donors (Lipinski definition) is 2. The van der Waals surface area contributed by atoms with Crippen LogP contribution in [0.15, 0.2) is 4.99 Å². The van der Waals surface area contributed by atoms with Crippen LogP contribution in [0.3, 0.4) is 0 Å². The van der Waals surface area contributed by atoms with Gasteiger partial charge in [-0.1, -0.05) is 6.92 Å². The number of likely N-dealkylation sites (tertiary alicyclic amines) is 1. The lowest BCUT2D eigenvalue weighted by Crippen LogP contribution is -2.51. The Hall–Kier alpha value is -1.02. The molecule has 0 aromatic carbocycles. The van der Waals surface area contributed by atoms with Crippen LogP contribution in [0, 0.1) is 11.3 Å². The van der Waals surface area contributed by atoms with Crippen LogP contribution < -0.4 is 10.6 Å². The van der Waals surface area contributed by atoms with Crippen LogP contribution in [0.4, 0.5) is 13.2 Å². The molecular weight excluding hydrogens is 321 g/mol. The summed E-state index contributed by atoms with van der Waals surface area (Å²) in [6.45, 7) is 5.62. The number of rotatable bonds is 6. The minimum Gasteiger partial charge on any atom is -0.380 e. The van der Waals surface area contributed by atoms with E-state index in [1.54, 1.807) is 7.05 Å². The first kappa shape index (κ1) is 19.3. The molecule has 140 valence electrons. The molecule has 2 fully saturated rings. The quantitative estimate of drug-likeness (QED) is 0.567. The molecule has 0 saturated carbocycles. The van der Waals surface area contributed by atoms with Gasteiger partial charge in [0.25, 0.3) is 0 Å². The fourth-order valence-corrected chi connectivity index (χ4v) is 3.15. The van der Waals surface area contributed by atoms with Crippen molar-refractivity contribution in [2.24, 2.45) is 16.3 Å². The molecular formula is C16H29F3N4O. The van der Waals surface area contributed by atoms with Crippen molar-refractivity contribution >= 4 is 5.96 Å². The van der Waals surface area contributed by atoms with E-state index in [1.165, 1.54) is 4.90 Å². The minimum absolute atomic E-state index is 0.183. The summed E-state index contributed by atoms with van der Waals surface area (Å²) in [6.07, 6.45) is -1.46. The molecule has 2 aliphatic heterocycles.